The Hall–Kier alpha value is -1.68. The molecule has 0 aliphatic carbocycles. The Morgan fingerprint density at radius 2 is 1.69 bits per heavy atom. The predicted octanol–water partition coefficient (Wildman–Crippen LogP) is 2.62. The topological polar surface area (TPSA) is 82.3 Å². The van der Waals surface area contributed by atoms with Crippen LogP contribution in [0.2, 0.25) is 5.28 Å². The van der Waals surface area contributed by atoms with Crippen LogP contribution < -0.4 is 66.2 Å². The first-order chi connectivity index (χ1) is 14.8. The number of fused-ring (bicyclic) bond motifs is 1. The normalized spacial score (nSPS) is 10.6. The van der Waals surface area contributed by atoms with Crippen molar-refractivity contribution in [2.75, 3.05) is 19.5 Å². The minimum absolute atomic E-state index is 0. The number of nitrogens with one attached hydrogen (secondary N) is 1. The summed E-state index contributed by atoms with van der Waals surface area (Å²) in [5.41, 5.74) is 1.61. The first-order valence-corrected chi connectivity index (χ1v) is 9.85. The third kappa shape index (κ3) is 6.91. The van der Waals surface area contributed by atoms with Gasteiger partial charge in [0, 0.05) is 11.5 Å². The van der Waals surface area contributed by atoms with Crippen LogP contribution in [0.3, 0.4) is 0 Å². The summed E-state index contributed by atoms with van der Waals surface area (Å²) < 4.78 is 15.5. The maximum absolute atomic E-state index is 6.02. The number of rotatable bonds is 4. The van der Waals surface area contributed by atoms with Crippen LogP contribution in [0.25, 0.3) is 10.9 Å². The Morgan fingerprint density at radius 1 is 1.03 bits per heavy atom. The molecule has 4 aromatic rings. The van der Waals surface area contributed by atoms with E-state index in [2.05, 4.69) is 53.5 Å². The van der Waals surface area contributed by atoms with Gasteiger partial charge in [-0.3, -0.25) is 0 Å². The fourth-order valence-corrected chi connectivity index (χ4v) is 2.85. The summed E-state index contributed by atoms with van der Waals surface area (Å²) in [7, 11) is 3.16. The largest absolute Gasteiger partial charge is 1.00 e. The maximum atomic E-state index is 6.02. The van der Waals surface area contributed by atoms with Crippen LogP contribution in [0.1, 0.15) is 26.5 Å². The van der Waals surface area contributed by atoms with E-state index in [0.29, 0.717) is 22.8 Å². The fraction of sp³-hybridized carbons (Fsp3) is 0.261. The van der Waals surface area contributed by atoms with Crippen molar-refractivity contribution in [3.63, 3.8) is 0 Å². The third-order valence-electron chi connectivity index (χ3n) is 4.29. The number of aromatic nitrogens is 3. The molecule has 0 aliphatic rings. The molecule has 0 saturated carbocycles. The van der Waals surface area contributed by atoms with Crippen LogP contribution in [0.4, 0.5) is 11.5 Å². The van der Waals surface area contributed by atoms with E-state index in [0.717, 1.165) is 16.8 Å². The fourth-order valence-electron chi connectivity index (χ4n) is 2.67. The van der Waals surface area contributed by atoms with E-state index in [1.54, 1.807) is 26.4 Å². The van der Waals surface area contributed by atoms with Crippen LogP contribution in [-0.2, 0) is 5.41 Å². The second kappa shape index (κ2) is 12.0. The van der Waals surface area contributed by atoms with Gasteiger partial charge in [0.25, 0.3) is 0 Å². The minimum atomic E-state index is 0. The predicted molar refractivity (Wildman–Crippen MR) is 120 cm³/mol. The van der Waals surface area contributed by atoms with Gasteiger partial charge in [-0.1, -0.05) is 26.5 Å². The van der Waals surface area contributed by atoms with E-state index >= 15 is 0 Å². The number of halogens is 1. The molecule has 0 amide bonds. The molecular formula is C23H23ClKN4O3-. The minimum Gasteiger partial charge on any atom is -0.493 e. The summed E-state index contributed by atoms with van der Waals surface area (Å²) in [6.45, 7) is 6.21. The van der Waals surface area contributed by atoms with E-state index in [4.69, 9.17) is 25.6 Å². The molecule has 32 heavy (non-hydrogen) atoms. The second-order valence-electron chi connectivity index (χ2n) is 7.55. The molecule has 0 atom stereocenters. The Balaban J connectivity index is 0.000000307. The molecule has 0 bridgehead atoms. The van der Waals surface area contributed by atoms with Crippen molar-refractivity contribution in [2.24, 2.45) is 0 Å². The van der Waals surface area contributed by atoms with Gasteiger partial charge in [-0.25, -0.2) is 10.1 Å². The van der Waals surface area contributed by atoms with Crippen LogP contribution >= 0.6 is 11.6 Å². The maximum Gasteiger partial charge on any atom is 1.00 e. The molecule has 0 radical (unpaired) electrons. The first kappa shape index (κ1) is 26.6. The van der Waals surface area contributed by atoms with Crippen molar-refractivity contribution in [1.29, 1.82) is 0 Å². The van der Waals surface area contributed by atoms with Crippen molar-refractivity contribution in [3.8, 4) is 11.5 Å². The number of ether oxygens (including phenoxy) is 2. The van der Waals surface area contributed by atoms with Gasteiger partial charge in [0.1, 0.15) is 5.82 Å². The summed E-state index contributed by atoms with van der Waals surface area (Å²) in [6, 6.07) is 15.7. The van der Waals surface area contributed by atoms with Gasteiger partial charge in [0.05, 0.1) is 19.7 Å². The van der Waals surface area contributed by atoms with E-state index in [-0.39, 0.29) is 62.1 Å². The monoisotopic (exact) mass is 477 g/mol. The molecule has 4 rings (SSSR count). The number of nitrogens with zero attached hydrogens (tertiary/aromatic N) is 3. The average molecular weight is 478 g/mol. The van der Waals surface area contributed by atoms with Gasteiger partial charge in [0.15, 0.2) is 11.5 Å². The quantitative estimate of drug-likeness (QED) is 0.275. The Kier molecular flexibility index (Phi) is 9.94. The summed E-state index contributed by atoms with van der Waals surface area (Å²) in [4.78, 5) is 8.50. The molecule has 2 aromatic carbocycles. The molecule has 1 N–H and O–H groups in total. The zero-order valence-electron chi connectivity index (χ0n) is 19.0. The van der Waals surface area contributed by atoms with Gasteiger partial charge >= 0.3 is 51.4 Å². The van der Waals surface area contributed by atoms with Gasteiger partial charge in [-0.2, -0.15) is 29.2 Å². The number of methoxy groups -OCH3 is 2. The SMILES string of the molecule is CC(C)(C)c1c[c-]no1.COc1cc2nc(Cl)nc(Nc3cc[c-]cc3)c2cc1OC.[K+]. The number of hydrogen-bond acceptors (Lipinski definition) is 7. The van der Waals surface area contributed by atoms with Gasteiger partial charge < -0.3 is 19.3 Å². The molecule has 0 spiro atoms. The summed E-state index contributed by atoms with van der Waals surface area (Å²) in [5.74, 6) is 2.67. The van der Waals surface area contributed by atoms with Crippen LogP contribution in [0.5, 0.6) is 11.5 Å². The van der Waals surface area contributed by atoms with Crippen molar-refractivity contribution in [2.45, 2.75) is 26.2 Å². The van der Waals surface area contributed by atoms with Crippen molar-refractivity contribution in [1.82, 2.24) is 15.1 Å². The zero-order valence-corrected chi connectivity index (χ0v) is 22.9. The molecular weight excluding hydrogens is 455 g/mol. The second-order valence-corrected chi connectivity index (χ2v) is 7.89. The summed E-state index contributed by atoms with van der Waals surface area (Å²) in [6.07, 6.45) is 2.62. The summed E-state index contributed by atoms with van der Waals surface area (Å²) >= 11 is 6.02. The third-order valence-corrected chi connectivity index (χ3v) is 4.46. The smallest absolute Gasteiger partial charge is 0.493 e. The van der Waals surface area contributed by atoms with E-state index < -0.39 is 0 Å². The van der Waals surface area contributed by atoms with E-state index in [1.807, 2.05) is 30.3 Å². The molecule has 0 fully saturated rings. The summed E-state index contributed by atoms with van der Waals surface area (Å²) in [5, 5.41) is 7.66. The molecule has 7 nitrogen and oxygen atoms in total. The number of benzene rings is 2. The molecule has 0 aliphatic heterocycles. The van der Waals surface area contributed by atoms with Crippen molar-refractivity contribution < 1.29 is 65.4 Å². The van der Waals surface area contributed by atoms with Crippen LogP contribution in [0, 0.1) is 12.3 Å². The average Bonchev–Trinajstić information content (AvgIpc) is 3.29. The van der Waals surface area contributed by atoms with E-state index in [9.17, 15) is 0 Å². The molecule has 2 aromatic heterocycles. The Bertz CT molecular complexity index is 1130. The molecule has 0 unspecified atom stereocenters. The number of hydrogen-bond donors (Lipinski definition) is 1. The molecule has 162 valence electrons. The van der Waals surface area contributed by atoms with Gasteiger partial charge in [-0.15, -0.1) is 18.3 Å². The Labute approximate surface area is 235 Å². The van der Waals surface area contributed by atoms with Crippen LogP contribution in [-0.4, -0.2) is 29.3 Å². The van der Waals surface area contributed by atoms with Gasteiger partial charge in [0.2, 0.25) is 5.28 Å². The number of anilines is 2. The molecule has 2 heterocycles. The standard InChI is InChI=1S/C16H13ClN3O2.C7H10NO.K/c1-21-13-8-11-12(9-14(13)22-2)19-16(17)20-15(11)18-10-6-4-3-5-7-10;1-7(2,3)6-4-5-8-9-6;/h4-9H,1-2H3,(H,18,19,20);4H,1-3H3;/q2*-1;+1. The van der Waals surface area contributed by atoms with Crippen molar-refractivity contribution in [3.05, 3.63) is 65.8 Å². The van der Waals surface area contributed by atoms with Crippen molar-refractivity contribution >= 4 is 34.0 Å². The Morgan fingerprint density at radius 3 is 2.22 bits per heavy atom. The molecule has 0 saturated heterocycles. The van der Waals surface area contributed by atoms with E-state index in [1.165, 1.54) is 0 Å². The molecule has 9 heteroatoms. The first-order valence-electron chi connectivity index (χ1n) is 9.47. The zero-order chi connectivity index (χ0) is 22.4. The van der Waals surface area contributed by atoms with Crippen LogP contribution in [0.15, 0.2) is 47.0 Å². The van der Waals surface area contributed by atoms with Gasteiger partial charge in [-0.05, 0) is 28.8 Å².